The number of nitrogens with two attached hydrogens (primary N) is 1. The Morgan fingerprint density at radius 1 is 1.35 bits per heavy atom. The van der Waals surface area contributed by atoms with E-state index in [-0.39, 0.29) is 11.8 Å². The van der Waals surface area contributed by atoms with Crippen LogP contribution in [0.5, 0.6) is 0 Å². The zero-order valence-electron chi connectivity index (χ0n) is 11.1. The number of nitrogens with zero attached hydrogens (tertiary/aromatic N) is 1. The van der Waals surface area contributed by atoms with Crippen LogP contribution >= 0.6 is 0 Å². The first kappa shape index (κ1) is 14.5. The van der Waals surface area contributed by atoms with Gasteiger partial charge in [-0.05, 0) is 58.3 Å². The highest BCUT2D eigenvalue weighted by molar-refractivity contribution is 5.78. The van der Waals surface area contributed by atoms with Gasteiger partial charge >= 0.3 is 0 Å². The lowest BCUT2D eigenvalue weighted by atomic mass is 10.1. The van der Waals surface area contributed by atoms with Crippen LogP contribution in [0, 0.1) is 5.92 Å². The zero-order valence-corrected chi connectivity index (χ0v) is 11.1. The molecular weight excluding hydrogens is 214 g/mol. The lowest BCUT2D eigenvalue weighted by Gasteiger charge is -2.15. The van der Waals surface area contributed by atoms with Crippen molar-refractivity contribution in [3.05, 3.63) is 0 Å². The molecule has 0 bridgehead atoms. The van der Waals surface area contributed by atoms with Gasteiger partial charge in [0.05, 0.1) is 0 Å². The standard InChI is InChI=1S/C13H27N3O/c1-12(6-4-7-14)13(17)15-8-5-11-16-9-2-3-10-16/h12H,2-11,14H2,1H3,(H,15,17). The fraction of sp³-hybridized carbons (Fsp3) is 0.923. The second-order valence-corrected chi connectivity index (χ2v) is 5.03. The molecule has 0 radical (unpaired) electrons. The monoisotopic (exact) mass is 241 g/mol. The number of nitrogens with one attached hydrogen (secondary N) is 1. The maximum Gasteiger partial charge on any atom is 0.222 e. The smallest absolute Gasteiger partial charge is 0.222 e. The number of amides is 1. The summed E-state index contributed by atoms with van der Waals surface area (Å²) in [5.74, 6) is 0.283. The summed E-state index contributed by atoms with van der Waals surface area (Å²) in [6.45, 7) is 7.06. The molecule has 1 heterocycles. The summed E-state index contributed by atoms with van der Waals surface area (Å²) in [5.41, 5.74) is 5.43. The largest absolute Gasteiger partial charge is 0.356 e. The average Bonchev–Trinajstić information content (AvgIpc) is 2.84. The predicted molar refractivity (Wildman–Crippen MR) is 70.8 cm³/mol. The van der Waals surface area contributed by atoms with Crippen LogP contribution in [0.15, 0.2) is 0 Å². The summed E-state index contributed by atoms with van der Waals surface area (Å²) in [5, 5.41) is 3.01. The fourth-order valence-corrected chi connectivity index (χ4v) is 2.25. The van der Waals surface area contributed by atoms with Gasteiger partial charge in [-0.1, -0.05) is 6.92 Å². The van der Waals surface area contributed by atoms with E-state index in [2.05, 4.69) is 10.2 Å². The number of likely N-dealkylation sites (tertiary alicyclic amines) is 1. The number of rotatable bonds is 8. The number of hydrogen-bond acceptors (Lipinski definition) is 3. The van der Waals surface area contributed by atoms with Crippen LogP contribution in [0.4, 0.5) is 0 Å². The van der Waals surface area contributed by atoms with E-state index in [1.807, 2.05) is 6.92 Å². The minimum absolute atomic E-state index is 0.102. The molecule has 1 fully saturated rings. The van der Waals surface area contributed by atoms with Gasteiger partial charge in [-0.25, -0.2) is 0 Å². The van der Waals surface area contributed by atoms with E-state index < -0.39 is 0 Å². The van der Waals surface area contributed by atoms with Gasteiger partial charge < -0.3 is 16.0 Å². The first-order chi connectivity index (χ1) is 8.24. The first-order valence-corrected chi connectivity index (χ1v) is 6.94. The lowest BCUT2D eigenvalue weighted by Crippen LogP contribution is -2.32. The van der Waals surface area contributed by atoms with Gasteiger partial charge in [0.25, 0.3) is 0 Å². The third-order valence-corrected chi connectivity index (χ3v) is 3.44. The molecule has 4 nitrogen and oxygen atoms in total. The minimum Gasteiger partial charge on any atom is -0.356 e. The summed E-state index contributed by atoms with van der Waals surface area (Å²) in [6.07, 6.45) is 5.57. The topological polar surface area (TPSA) is 58.4 Å². The number of carbonyl (C=O) groups excluding carboxylic acids is 1. The van der Waals surface area contributed by atoms with Crippen molar-refractivity contribution >= 4 is 5.91 Å². The van der Waals surface area contributed by atoms with Gasteiger partial charge in [-0.2, -0.15) is 0 Å². The summed E-state index contributed by atoms with van der Waals surface area (Å²) >= 11 is 0. The predicted octanol–water partition coefficient (Wildman–Crippen LogP) is 0.964. The van der Waals surface area contributed by atoms with Crippen LogP contribution in [0.3, 0.4) is 0 Å². The highest BCUT2D eigenvalue weighted by Crippen LogP contribution is 2.07. The second kappa shape index (κ2) is 8.48. The normalized spacial score (nSPS) is 18.2. The van der Waals surface area contributed by atoms with Gasteiger partial charge in [0, 0.05) is 12.5 Å². The number of hydrogen-bond donors (Lipinski definition) is 2. The molecule has 0 aromatic rings. The fourth-order valence-electron chi connectivity index (χ4n) is 2.25. The van der Waals surface area contributed by atoms with E-state index in [0.717, 1.165) is 32.4 Å². The molecule has 0 aliphatic carbocycles. The van der Waals surface area contributed by atoms with Gasteiger partial charge in [0.1, 0.15) is 0 Å². The highest BCUT2D eigenvalue weighted by atomic mass is 16.1. The van der Waals surface area contributed by atoms with E-state index in [0.29, 0.717) is 6.54 Å². The quantitative estimate of drug-likeness (QED) is 0.622. The molecule has 1 atom stereocenters. The van der Waals surface area contributed by atoms with Crippen LogP contribution in [-0.4, -0.2) is 43.5 Å². The first-order valence-electron chi connectivity index (χ1n) is 6.94. The SMILES string of the molecule is CC(CCCN)C(=O)NCCCN1CCCC1. The van der Waals surface area contributed by atoms with Crippen LogP contribution in [0.2, 0.25) is 0 Å². The van der Waals surface area contributed by atoms with Crippen molar-refractivity contribution in [3.63, 3.8) is 0 Å². The van der Waals surface area contributed by atoms with Crippen LogP contribution in [0.25, 0.3) is 0 Å². The third-order valence-electron chi connectivity index (χ3n) is 3.44. The van der Waals surface area contributed by atoms with E-state index in [4.69, 9.17) is 5.73 Å². The van der Waals surface area contributed by atoms with Crippen LogP contribution < -0.4 is 11.1 Å². The molecule has 1 aliphatic rings. The average molecular weight is 241 g/mol. The lowest BCUT2D eigenvalue weighted by molar-refractivity contribution is -0.124. The Morgan fingerprint density at radius 3 is 2.71 bits per heavy atom. The molecule has 1 rings (SSSR count). The molecule has 100 valence electrons. The molecule has 17 heavy (non-hydrogen) atoms. The molecule has 1 saturated heterocycles. The van der Waals surface area contributed by atoms with Crippen molar-refractivity contribution in [1.29, 1.82) is 0 Å². The summed E-state index contributed by atoms with van der Waals surface area (Å²) in [4.78, 5) is 14.2. The zero-order chi connectivity index (χ0) is 12.5. The van der Waals surface area contributed by atoms with Crippen molar-refractivity contribution < 1.29 is 4.79 Å². The second-order valence-electron chi connectivity index (χ2n) is 5.03. The Bertz CT molecular complexity index is 215. The third kappa shape index (κ3) is 6.03. The Kier molecular flexibility index (Phi) is 7.21. The molecule has 0 spiro atoms. The van der Waals surface area contributed by atoms with Crippen molar-refractivity contribution in [1.82, 2.24) is 10.2 Å². The van der Waals surface area contributed by atoms with E-state index in [1.54, 1.807) is 0 Å². The van der Waals surface area contributed by atoms with E-state index >= 15 is 0 Å². The van der Waals surface area contributed by atoms with Crippen molar-refractivity contribution in [2.75, 3.05) is 32.7 Å². The van der Waals surface area contributed by atoms with Gasteiger partial charge in [0.2, 0.25) is 5.91 Å². The number of carbonyl (C=O) groups is 1. The Morgan fingerprint density at radius 2 is 2.06 bits per heavy atom. The molecule has 3 N–H and O–H groups in total. The Balaban J connectivity index is 1.98. The van der Waals surface area contributed by atoms with Gasteiger partial charge in [0.15, 0.2) is 0 Å². The van der Waals surface area contributed by atoms with Crippen molar-refractivity contribution in [2.24, 2.45) is 11.7 Å². The summed E-state index contributed by atoms with van der Waals surface area (Å²) < 4.78 is 0. The highest BCUT2D eigenvalue weighted by Gasteiger charge is 2.13. The van der Waals surface area contributed by atoms with Gasteiger partial charge in [-0.15, -0.1) is 0 Å². The molecule has 0 aromatic heterocycles. The Labute approximate surface area is 105 Å². The Hall–Kier alpha value is -0.610. The summed E-state index contributed by atoms with van der Waals surface area (Å²) in [6, 6.07) is 0. The maximum absolute atomic E-state index is 11.7. The molecule has 4 heteroatoms. The maximum atomic E-state index is 11.7. The van der Waals surface area contributed by atoms with Crippen LogP contribution in [-0.2, 0) is 4.79 Å². The van der Waals surface area contributed by atoms with E-state index in [1.165, 1.54) is 25.9 Å². The van der Waals surface area contributed by atoms with Gasteiger partial charge in [-0.3, -0.25) is 4.79 Å². The minimum atomic E-state index is 0.102. The van der Waals surface area contributed by atoms with Crippen molar-refractivity contribution in [3.8, 4) is 0 Å². The molecule has 1 amide bonds. The molecule has 0 aromatic carbocycles. The molecular formula is C13H27N3O. The molecule has 1 unspecified atom stereocenters. The summed E-state index contributed by atoms with van der Waals surface area (Å²) in [7, 11) is 0. The van der Waals surface area contributed by atoms with E-state index in [9.17, 15) is 4.79 Å². The van der Waals surface area contributed by atoms with Crippen molar-refractivity contribution in [2.45, 2.75) is 39.0 Å². The van der Waals surface area contributed by atoms with Crippen LogP contribution in [0.1, 0.15) is 39.0 Å². The molecule has 1 aliphatic heterocycles. The molecule has 0 saturated carbocycles.